The van der Waals surface area contributed by atoms with E-state index in [-0.39, 0.29) is 24.6 Å². The van der Waals surface area contributed by atoms with Gasteiger partial charge in [0.2, 0.25) is 0 Å². The molecule has 6 heteroatoms. The number of benzene rings is 3. The van der Waals surface area contributed by atoms with Crippen molar-refractivity contribution >= 4 is 12.1 Å². The number of alkyl carbamates (subject to hydrolysis) is 1. The molecular weight excluding hydrogens is 397 g/mol. The van der Waals surface area contributed by atoms with Gasteiger partial charge in [-0.05, 0) is 34.4 Å². The second kappa shape index (κ2) is 8.72. The van der Waals surface area contributed by atoms with Gasteiger partial charge >= 0.3 is 12.1 Å². The fourth-order valence-corrected chi connectivity index (χ4v) is 3.75. The highest BCUT2D eigenvalue weighted by Gasteiger charge is 2.28. The number of hydrogen-bond acceptors (Lipinski definition) is 3. The molecule has 0 fully saturated rings. The third-order valence-corrected chi connectivity index (χ3v) is 5.12. The smallest absolute Gasteiger partial charge is 0.407 e. The fraction of sp³-hybridized carbons (Fsp3) is 0.120. The van der Waals surface area contributed by atoms with Crippen molar-refractivity contribution in [2.24, 2.45) is 0 Å². The summed E-state index contributed by atoms with van der Waals surface area (Å²) in [6, 6.07) is 19.9. The summed E-state index contributed by atoms with van der Waals surface area (Å²) in [6.07, 6.45) is -0.631. The number of rotatable bonds is 4. The quantitative estimate of drug-likeness (QED) is 0.619. The van der Waals surface area contributed by atoms with Crippen molar-refractivity contribution in [1.29, 1.82) is 0 Å². The Kier molecular flexibility index (Phi) is 5.67. The first-order valence-corrected chi connectivity index (χ1v) is 9.66. The first-order chi connectivity index (χ1) is 15.1. The topological polar surface area (TPSA) is 75.6 Å². The molecule has 0 heterocycles. The lowest BCUT2D eigenvalue weighted by Crippen LogP contribution is -2.26. The highest BCUT2D eigenvalue weighted by atomic mass is 19.1. The van der Waals surface area contributed by atoms with E-state index in [1.54, 1.807) is 0 Å². The number of carbonyl (C=O) groups excluding carboxylic acids is 1. The van der Waals surface area contributed by atoms with Gasteiger partial charge in [-0.3, -0.25) is 0 Å². The highest BCUT2D eigenvalue weighted by molar-refractivity contribution is 5.91. The van der Waals surface area contributed by atoms with E-state index in [9.17, 15) is 14.0 Å². The lowest BCUT2D eigenvalue weighted by molar-refractivity contribution is 0.0691. The Balaban J connectivity index is 1.37. The molecule has 0 saturated heterocycles. The summed E-state index contributed by atoms with van der Waals surface area (Å²) in [7, 11) is 0. The van der Waals surface area contributed by atoms with Crippen molar-refractivity contribution in [3.8, 4) is 23.0 Å². The molecule has 1 aliphatic carbocycles. The average Bonchev–Trinajstić information content (AvgIpc) is 3.09. The molecular formula is C25H18FNO4. The Morgan fingerprint density at radius 1 is 0.968 bits per heavy atom. The van der Waals surface area contributed by atoms with Crippen LogP contribution in [0.5, 0.6) is 0 Å². The average molecular weight is 415 g/mol. The van der Waals surface area contributed by atoms with Gasteiger partial charge in [-0.2, -0.15) is 0 Å². The van der Waals surface area contributed by atoms with Crippen molar-refractivity contribution in [2.45, 2.75) is 5.92 Å². The minimum Gasteiger partial charge on any atom is -0.478 e. The summed E-state index contributed by atoms with van der Waals surface area (Å²) >= 11 is 0. The molecule has 0 aromatic heterocycles. The van der Waals surface area contributed by atoms with Gasteiger partial charge in [0.25, 0.3) is 0 Å². The van der Waals surface area contributed by atoms with Crippen molar-refractivity contribution in [3.05, 3.63) is 94.8 Å². The van der Waals surface area contributed by atoms with Gasteiger partial charge in [-0.25, -0.2) is 14.0 Å². The lowest BCUT2D eigenvalue weighted by atomic mass is 9.98. The molecule has 0 unspecified atom stereocenters. The third kappa shape index (κ3) is 4.12. The zero-order chi connectivity index (χ0) is 21.8. The molecule has 31 heavy (non-hydrogen) atoms. The summed E-state index contributed by atoms with van der Waals surface area (Å²) in [5.41, 5.74) is 4.06. The van der Waals surface area contributed by atoms with Crippen LogP contribution in [0.4, 0.5) is 9.18 Å². The number of aromatic carboxylic acids is 1. The standard InChI is InChI=1S/C25H18FNO4/c26-22-13-5-7-16(23(22)24(28)29)8-6-14-27-25(30)31-15-21-19-11-3-1-9-17(19)18-10-2-4-12-20(18)21/h1-5,7,9-13,21H,14-15H2,(H,27,30)(H,28,29). The molecule has 1 amide bonds. The lowest BCUT2D eigenvalue weighted by Gasteiger charge is -2.14. The van der Waals surface area contributed by atoms with Gasteiger partial charge in [-0.15, -0.1) is 0 Å². The van der Waals surface area contributed by atoms with Crippen LogP contribution in [0.2, 0.25) is 0 Å². The minimum absolute atomic E-state index is 0.0434. The Morgan fingerprint density at radius 3 is 2.26 bits per heavy atom. The number of halogens is 1. The normalized spacial score (nSPS) is 11.6. The molecule has 0 spiro atoms. The number of hydrogen-bond donors (Lipinski definition) is 2. The second-order valence-corrected chi connectivity index (χ2v) is 6.95. The summed E-state index contributed by atoms with van der Waals surface area (Å²) in [5, 5.41) is 11.6. The van der Waals surface area contributed by atoms with Crippen molar-refractivity contribution in [3.63, 3.8) is 0 Å². The van der Waals surface area contributed by atoms with E-state index in [1.165, 1.54) is 12.1 Å². The SMILES string of the molecule is O=C(NCC#Cc1cccc(F)c1C(=O)O)OCC1c2ccccc2-c2ccccc21. The predicted molar refractivity (Wildman–Crippen MR) is 113 cm³/mol. The number of carboxylic acids is 1. The van der Waals surface area contributed by atoms with Gasteiger partial charge in [0.15, 0.2) is 0 Å². The van der Waals surface area contributed by atoms with Gasteiger partial charge in [0, 0.05) is 11.5 Å². The van der Waals surface area contributed by atoms with E-state index in [2.05, 4.69) is 29.3 Å². The van der Waals surface area contributed by atoms with Crippen LogP contribution < -0.4 is 5.32 Å². The number of nitrogens with one attached hydrogen (secondary N) is 1. The van der Waals surface area contributed by atoms with E-state index in [1.807, 2.05) is 36.4 Å². The Hall–Kier alpha value is -4.11. The van der Waals surface area contributed by atoms with E-state index < -0.39 is 23.4 Å². The van der Waals surface area contributed by atoms with Crippen LogP contribution in [0, 0.1) is 17.7 Å². The van der Waals surface area contributed by atoms with Crippen LogP contribution in [0.1, 0.15) is 33.0 Å². The zero-order valence-corrected chi connectivity index (χ0v) is 16.4. The highest BCUT2D eigenvalue weighted by Crippen LogP contribution is 2.44. The molecule has 0 radical (unpaired) electrons. The molecule has 0 saturated carbocycles. The van der Waals surface area contributed by atoms with Gasteiger partial charge in [0.05, 0.1) is 6.54 Å². The molecule has 2 N–H and O–H groups in total. The molecule has 3 aromatic carbocycles. The maximum atomic E-state index is 13.7. The third-order valence-electron chi connectivity index (χ3n) is 5.12. The summed E-state index contributed by atoms with van der Waals surface area (Å²) < 4.78 is 19.1. The largest absolute Gasteiger partial charge is 0.478 e. The molecule has 3 aromatic rings. The predicted octanol–water partition coefficient (Wildman–Crippen LogP) is 4.41. The fourth-order valence-electron chi connectivity index (χ4n) is 3.75. The van der Waals surface area contributed by atoms with Crippen LogP contribution in [0.25, 0.3) is 11.1 Å². The number of carbonyl (C=O) groups is 2. The van der Waals surface area contributed by atoms with Crippen molar-refractivity contribution < 1.29 is 23.8 Å². The number of amides is 1. The van der Waals surface area contributed by atoms with E-state index in [4.69, 9.17) is 9.84 Å². The monoisotopic (exact) mass is 415 g/mol. The van der Waals surface area contributed by atoms with Crippen LogP contribution in [0.15, 0.2) is 66.7 Å². The van der Waals surface area contributed by atoms with E-state index in [0.717, 1.165) is 28.3 Å². The summed E-state index contributed by atoms with van der Waals surface area (Å²) in [5.74, 6) is 2.89. The summed E-state index contributed by atoms with van der Waals surface area (Å²) in [6.45, 7) is 0.118. The number of fused-ring (bicyclic) bond motifs is 3. The molecule has 5 nitrogen and oxygen atoms in total. The van der Waals surface area contributed by atoms with Crippen LogP contribution >= 0.6 is 0 Å². The van der Waals surface area contributed by atoms with Crippen molar-refractivity contribution in [2.75, 3.05) is 13.2 Å². The first-order valence-electron chi connectivity index (χ1n) is 9.66. The number of ether oxygens (including phenoxy) is 1. The second-order valence-electron chi connectivity index (χ2n) is 6.95. The van der Waals surface area contributed by atoms with E-state index in [0.29, 0.717) is 0 Å². The van der Waals surface area contributed by atoms with Gasteiger partial charge < -0.3 is 15.2 Å². The molecule has 1 aliphatic rings. The Bertz CT molecular complexity index is 1180. The molecule has 4 rings (SSSR count). The van der Waals surface area contributed by atoms with E-state index >= 15 is 0 Å². The molecule has 0 aliphatic heterocycles. The van der Waals surface area contributed by atoms with Gasteiger partial charge in [0.1, 0.15) is 18.0 Å². The minimum atomic E-state index is -1.40. The Labute approximate surface area is 178 Å². The summed E-state index contributed by atoms with van der Waals surface area (Å²) in [4.78, 5) is 23.3. The Morgan fingerprint density at radius 2 is 1.61 bits per heavy atom. The molecule has 0 atom stereocenters. The van der Waals surface area contributed by atoms with Crippen molar-refractivity contribution in [1.82, 2.24) is 5.32 Å². The molecule has 154 valence electrons. The molecule has 0 bridgehead atoms. The van der Waals surface area contributed by atoms with Crippen LogP contribution in [-0.4, -0.2) is 30.3 Å². The zero-order valence-electron chi connectivity index (χ0n) is 16.4. The van der Waals surface area contributed by atoms with Crippen LogP contribution in [-0.2, 0) is 4.74 Å². The number of carboxylic acid groups (broad SMARTS) is 1. The van der Waals surface area contributed by atoms with Gasteiger partial charge in [-0.1, -0.05) is 66.4 Å². The maximum Gasteiger partial charge on any atom is 0.407 e. The maximum absolute atomic E-state index is 13.7. The first kappa shape index (κ1) is 20.2. The van der Waals surface area contributed by atoms with Crippen LogP contribution in [0.3, 0.4) is 0 Å².